The van der Waals surface area contributed by atoms with Gasteiger partial charge in [-0.3, -0.25) is 14.4 Å². The lowest BCUT2D eigenvalue weighted by Gasteiger charge is -2.20. The number of nitrogens with zero attached hydrogens (tertiary/aromatic N) is 3. The number of carbonyl (C=O) groups is 2. The van der Waals surface area contributed by atoms with Gasteiger partial charge in [0.25, 0.3) is 11.5 Å². The minimum Gasteiger partial charge on any atom is -0.481 e. The first-order chi connectivity index (χ1) is 21.2. The molecule has 44 heavy (non-hydrogen) atoms. The van der Waals surface area contributed by atoms with Crippen molar-refractivity contribution in [2.75, 3.05) is 19.0 Å². The molecule has 2 atom stereocenters. The minimum absolute atomic E-state index is 0.0524. The number of methoxy groups -OCH3 is 1. The van der Waals surface area contributed by atoms with E-state index in [1.54, 1.807) is 19.2 Å². The van der Waals surface area contributed by atoms with Crippen molar-refractivity contribution in [3.05, 3.63) is 91.8 Å². The second-order valence-corrected chi connectivity index (χ2v) is 11.6. The molecule has 2 amide bonds. The lowest BCUT2D eigenvalue weighted by Crippen LogP contribution is -2.36. The molecule has 10 nitrogen and oxygen atoms in total. The van der Waals surface area contributed by atoms with Crippen LogP contribution in [0, 0.1) is 0 Å². The van der Waals surface area contributed by atoms with Crippen LogP contribution >= 0.6 is 23.2 Å². The molecule has 1 saturated heterocycles. The molecule has 3 N–H and O–H groups in total. The summed E-state index contributed by atoms with van der Waals surface area (Å²) >= 11 is 13.8. The van der Waals surface area contributed by atoms with Gasteiger partial charge >= 0.3 is 0 Å². The Labute approximate surface area is 263 Å². The van der Waals surface area contributed by atoms with Gasteiger partial charge in [0.1, 0.15) is 5.56 Å². The van der Waals surface area contributed by atoms with Gasteiger partial charge in [0.2, 0.25) is 11.8 Å². The normalized spacial score (nSPS) is 17.3. The quantitative estimate of drug-likeness (QED) is 0.251. The van der Waals surface area contributed by atoms with Gasteiger partial charge in [-0.15, -0.1) is 0 Å². The second kappa shape index (κ2) is 12.4. The maximum Gasteiger partial charge on any atom is 0.279 e. The van der Waals surface area contributed by atoms with Crippen LogP contribution in [-0.2, 0) is 18.3 Å². The Morgan fingerprint density at radius 2 is 1.80 bits per heavy atom. The van der Waals surface area contributed by atoms with Gasteiger partial charge in [0.15, 0.2) is 0 Å². The van der Waals surface area contributed by atoms with E-state index in [1.807, 2.05) is 24.3 Å². The number of aryl methyl sites for hydroxylation is 2. The van der Waals surface area contributed by atoms with Crippen molar-refractivity contribution in [2.24, 2.45) is 7.05 Å². The minimum atomic E-state index is -0.595. The number of benzene rings is 2. The third kappa shape index (κ3) is 5.68. The summed E-state index contributed by atoms with van der Waals surface area (Å²) in [5.41, 5.74) is 4.57. The highest BCUT2D eigenvalue weighted by Gasteiger charge is 2.30. The maximum absolute atomic E-state index is 12.9. The van der Waals surface area contributed by atoms with Crippen LogP contribution in [0.15, 0.2) is 59.5 Å². The number of hydrogen-bond acceptors (Lipinski definition) is 7. The van der Waals surface area contributed by atoms with Crippen LogP contribution in [0.2, 0.25) is 10.0 Å². The monoisotopic (exact) mass is 632 g/mol. The SMILES string of the molecule is COc1nc(-c2cccc(-c3cccc(NC(=O)c4ccnn(C)c4=O)c3Cl)c2Cl)cc2c1[C@H](NC[C@@H]1CCC(=O)N1)CC2. The van der Waals surface area contributed by atoms with Crippen LogP contribution in [0.1, 0.15) is 46.8 Å². The van der Waals surface area contributed by atoms with Gasteiger partial charge in [-0.1, -0.05) is 53.5 Å². The number of rotatable bonds is 8. The molecule has 2 aromatic heterocycles. The Morgan fingerprint density at radius 1 is 1.05 bits per heavy atom. The molecule has 2 aliphatic rings. The number of pyridine rings is 1. The van der Waals surface area contributed by atoms with Crippen LogP contribution in [0.4, 0.5) is 5.69 Å². The molecule has 1 aliphatic heterocycles. The predicted molar refractivity (Wildman–Crippen MR) is 169 cm³/mol. The molecule has 1 fully saturated rings. The summed E-state index contributed by atoms with van der Waals surface area (Å²) in [5, 5.41) is 13.9. The summed E-state index contributed by atoms with van der Waals surface area (Å²) < 4.78 is 6.86. The van der Waals surface area contributed by atoms with E-state index in [2.05, 4.69) is 27.1 Å². The van der Waals surface area contributed by atoms with Gasteiger partial charge in [-0.05, 0) is 43.0 Å². The summed E-state index contributed by atoms with van der Waals surface area (Å²) in [6, 6.07) is 14.5. The van der Waals surface area contributed by atoms with Crippen LogP contribution in [0.3, 0.4) is 0 Å². The lowest BCUT2D eigenvalue weighted by atomic mass is 9.99. The molecule has 4 aromatic rings. The fourth-order valence-corrected chi connectivity index (χ4v) is 6.46. The molecular weight excluding hydrogens is 603 g/mol. The number of fused-ring (bicyclic) bond motifs is 1. The van der Waals surface area contributed by atoms with Crippen molar-refractivity contribution < 1.29 is 14.3 Å². The number of carbonyl (C=O) groups excluding carboxylic acids is 2. The van der Waals surface area contributed by atoms with E-state index in [1.165, 1.54) is 19.3 Å². The Balaban J connectivity index is 1.29. The molecule has 1 aliphatic carbocycles. The van der Waals surface area contributed by atoms with Gasteiger partial charge in [0, 0.05) is 60.5 Å². The standard InChI is InChI=1S/C32H30Cl2N6O4/c1-40-32(43)22(13-14-36-40)30(42)38-24-8-4-6-20(29(24)34)19-5-3-7-21(28(19)33)25-15-17-9-11-23(27(17)31(39-25)44-2)35-16-18-10-12-26(41)37-18/h3-8,13-15,18,23,35H,9-12,16H2,1-2H3,(H,37,41)(H,38,42)/t18-,23+/m0/s1. The fourth-order valence-electron chi connectivity index (χ4n) is 5.86. The van der Waals surface area contributed by atoms with Crippen molar-refractivity contribution >= 4 is 40.7 Å². The number of amides is 2. The van der Waals surface area contributed by atoms with E-state index in [-0.39, 0.29) is 28.6 Å². The molecule has 226 valence electrons. The smallest absolute Gasteiger partial charge is 0.279 e. The number of hydrogen-bond donors (Lipinski definition) is 3. The van der Waals surface area contributed by atoms with Gasteiger partial charge in [-0.25, -0.2) is 9.67 Å². The number of halogens is 2. The lowest BCUT2D eigenvalue weighted by molar-refractivity contribution is -0.119. The first-order valence-corrected chi connectivity index (χ1v) is 15.0. The van der Waals surface area contributed by atoms with Gasteiger partial charge in [0.05, 0.1) is 28.5 Å². The molecule has 3 heterocycles. The molecule has 0 saturated carbocycles. The highest BCUT2D eigenvalue weighted by molar-refractivity contribution is 6.39. The third-order valence-electron chi connectivity index (χ3n) is 8.11. The first kappa shape index (κ1) is 29.8. The largest absolute Gasteiger partial charge is 0.481 e. The van der Waals surface area contributed by atoms with Crippen molar-refractivity contribution in [2.45, 2.75) is 37.8 Å². The molecule has 0 unspecified atom stereocenters. The maximum atomic E-state index is 12.9. The van der Waals surface area contributed by atoms with E-state index in [0.29, 0.717) is 51.9 Å². The number of anilines is 1. The predicted octanol–water partition coefficient (Wildman–Crippen LogP) is 4.93. The number of aromatic nitrogens is 3. The van der Waals surface area contributed by atoms with Gasteiger partial charge < -0.3 is 20.7 Å². The Morgan fingerprint density at radius 3 is 2.55 bits per heavy atom. The second-order valence-electron chi connectivity index (χ2n) is 10.9. The van der Waals surface area contributed by atoms with E-state index in [9.17, 15) is 14.4 Å². The number of ether oxygens (including phenoxy) is 1. The fraction of sp³-hybridized carbons (Fsp3) is 0.281. The summed E-state index contributed by atoms with van der Waals surface area (Å²) in [6.07, 6.45) is 4.53. The van der Waals surface area contributed by atoms with E-state index >= 15 is 0 Å². The molecule has 2 aromatic carbocycles. The van der Waals surface area contributed by atoms with E-state index in [4.69, 9.17) is 32.9 Å². The van der Waals surface area contributed by atoms with Crippen LogP contribution in [-0.4, -0.2) is 46.3 Å². The zero-order valence-electron chi connectivity index (χ0n) is 24.1. The molecule has 0 bridgehead atoms. The summed E-state index contributed by atoms with van der Waals surface area (Å²) in [6.45, 7) is 0.689. The average Bonchev–Trinajstić information content (AvgIpc) is 3.63. The topological polar surface area (TPSA) is 127 Å². The van der Waals surface area contributed by atoms with Crippen molar-refractivity contribution in [3.63, 3.8) is 0 Å². The number of nitrogens with one attached hydrogen (secondary N) is 3. The third-order valence-corrected chi connectivity index (χ3v) is 8.93. The molecule has 6 rings (SSSR count). The summed E-state index contributed by atoms with van der Waals surface area (Å²) in [5.74, 6) is 0.0398. The van der Waals surface area contributed by atoms with Crippen molar-refractivity contribution in [1.29, 1.82) is 0 Å². The zero-order chi connectivity index (χ0) is 31.0. The van der Waals surface area contributed by atoms with Crippen molar-refractivity contribution in [1.82, 2.24) is 25.4 Å². The average molecular weight is 634 g/mol. The molecule has 0 radical (unpaired) electrons. The molecule has 0 spiro atoms. The highest BCUT2D eigenvalue weighted by Crippen LogP contribution is 2.44. The van der Waals surface area contributed by atoms with Crippen LogP contribution in [0.25, 0.3) is 22.4 Å². The van der Waals surface area contributed by atoms with E-state index < -0.39 is 11.5 Å². The van der Waals surface area contributed by atoms with Crippen molar-refractivity contribution in [3.8, 4) is 28.3 Å². The molecule has 12 heteroatoms. The Bertz CT molecular complexity index is 1840. The summed E-state index contributed by atoms with van der Waals surface area (Å²) in [4.78, 5) is 41.7. The van der Waals surface area contributed by atoms with Crippen LogP contribution in [0.5, 0.6) is 5.88 Å². The van der Waals surface area contributed by atoms with Crippen LogP contribution < -0.4 is 26.2 Å². The van der Waals surface area contributed by atoms with Gasteiger partial charge in [-0.2, -0.15) is 5.10 Å². The molecular formula is C32H30Cl2N6O4. The first-order valence-electron chi connectivity index (χ1n) is 14.3. The highest BCUT2D eigenvalue weighted by atomic mass is 35.5. The van der Waals surface area contributed by atoms with E-state index in [0.717, 1.165) is 35.1 Å². The summed E-state index contributed by atoms with van der Waals surface area (Å²) in [7, 11) is 3.08. The Hall–Kier alpha value is -4.25. The Kier molecular flexibility index (Phi) is 8.40. The zero-order valence-corrected chi connectivity index (χ0v) is 25.6.